The van der Waals surface area contributed by atoms with Gasteiger partial charge in [-0.2, -0.15) is 0 Å². The molecule has 0 saturated heterocycles. The molecule has 0 fully saturated rings. The van der Waals surface area contributed by atoms with Gasteiger partial charge in [0, 0.05) is 6.04 Å². The SMILES string of the molecule is CCS(=O)(=O)NC(C)C.CNS(=O)(=O)C(C)C. The van der Waals surface area contributed by atoms with Gasteiger partial charge in [0.2, 0.25) is 20.0 Å². The van der Waals surface area contributed by atoms with Crippen LogP contribution in [0.2, 0.25) is 0 Å². The molecule has 8 heteroatoms. The minimum atomic E-state index is -2.99. The Labute approximate surface area is 105 Å². The average molecular weight is 288 g/mol. The third-order valence-corrected chi connectivity index (χ3v) is 5.10. The summed E-state index contributed by atoms with van der Waals surface area (Å²) in [6, 6.07) is 0.00921. The van der Waals surface area contributed by atoms with Crippen molar-refractivity contribution in [2.45, 2.75) is 45.9 Å². The largest absolute Gasteiger partial charge is 0.218 e. The maximum absolute atomic E-state index is 10.7. The van der Waals surface area contributed by atoms with Gasteiger partial charge in [0.25, 0.3) is 0 Å². The van der Waals surface area contributed by atoms with Crippen LogP contribution < -0.4 is 9.44 Å². The van der Waals surface area contributed by atoms with E-state index in [0.717, 1.165) is 0 Å². The molecule has 0 aromatic carbocycles. The third-order valence-electron chi connectivity index (χ3n) is 1.70. The van der Waals surface area contributed by atoms with Gasteiger partial charge in [0.1, 0.15) is 0 Å². The predicted molar refractivity (Wildman–Crippen MR) is 70.8 cm³/mol. The molecule has 0 aliphatic rings. The van der Waals surface area contributed by atoms with Crippen molar-refractivity contribution < 1.29 is 16.8 Å². The Hall–Kier alpha value is -0.180. The highest BCUT2D eigenvalue weighted by Crippen LogP contribution is 1.92. The first-order valence-corrected chi connectivity index (χ1v) is 8.60. The van der Waals surface area contributed by atoms with Crippen LogP contribution in [0.1, 0.15) is 34.6 Å². The molecule has 0 atom stereocenters. The van der Waals surface area contributed by atoms with Gasteiger partial charge in [-0.3, -0.25) is 0 Å². The van der Waals surface area contributed by atoms with Gasteiger partial charge in [0.15, 0.2) is 0 Å². The predicted octanol–water partition coefficient (Wildman–Crippen LogP) is 0.278. The second kappa shape index (κ2) is 8.02. The summed E-state index contributed by atoms with van der Waals surface area (Å²) < 4.78 is 47.2. The first-order chi connectivity index (χ1) is 7.48. The van der Waals surface area contributed by atoms with Crippen LogP contribution in [-0.2, 0) is 20.0 Å². The molecule has 0 saturated carbocycles. The highest BCUT2D eigenvalue weighted by atomic mass is 32.2. The molecule has 0 unspecified atom stereocenters. The fourth-order valence-corrected chi connectivity index (χ4v) is 2.03. The number of hydrogen-bond acceptors (Lipinski definition) is 4. The molecular formula is C9H24N2O4S2. The van der Waals surface area contributed by atoms with E-state index in [0.29, 0.717) is 0 Å². The average Bonchev–Trinajstić information content (AvgIpc) is 2.16. The fourth-order valence-electron chi connectivity index (χ4n) is 0.678. The standard InChI is InChI=1S/C5H13NO2S.C4H11NO2S/c1-4-9(7,8)6-5(2)3;1-4(2)8(6,7)5-3/h5-6H,4H2,1-3H3;4-5H,1-3H3. The summed E-state index contributed by atoms with van der Waals surface area (Å²) in [5, 5.41) is -0.326. The van der Waals surface area contributed by atoms with Crippen molar-refractivity contribution in [1.82, 2.24) is 9.44 Å². The molecule has 0 aromatic rings. The van der Waals surface area contributed by atoms with Crippen LogP contribution in [0.5, 0.6) is 0 Å². The lowest BCUT2D eigenvalue weighted by molar-refractivity contribution is 0.571. The lowest BCUT2D eigenvalue weighted by Gasteiger charge is -2.05. The van der Waals surface area contributed by atoms with Gasteiger partial charge < -0.3 is 0 Å². The Balaban J connectivity index is 0. The highest BCUT2D eigenvalue weighted by Gasteiger charge is 2.10. The summed E-state index contributed by atoms with van der Waals surface area (Å²) in [7, 11) is -4.54. The van der Waals surface area contributed by atoms with Crippen LogP contribution in [0.15, 0.2) is 0 Å². The van der Waals surface area contributed by atoms with Crippen molar-refractivity contribution >= 4 is 20.0 Å². The number of sulfonamides is 2. The van der Waals surface area contributed by atoms with Crippen molar-refractivity contribution in [3.8, 4) is 0 Å². The van der Waals surface area contributed by atoms with E-state index in [2.05, 4.69) is 9.44 Å². The van der Waals surface area contributed by atoms with E-state index in [-0.39, 0.29) is 17.0 Å². The molecular weight excluding hydrogens is 264 g/mol. The van der Waals surface area contributed by atoms with Gasteiger partial charge in [0.05, 0.1) is 11.0 Å². The smallest absolute Gasteiger partial charge is 0.213 e. The molecule has 0 bridgehead atoms. The van der Waals surface area contributed by atoms with Crippen LogP contribution in [0.25, 0.3) is 0 Å². The van der Waals surface area contributed by atoms with Crippen LogP contribution >= 0.6 is 0 Å². The lowest BCUT2D eigenvalue weighted by Crippen LogP contribution is -2.31. The van der Waals surface area contributed by atoms with E-state index < -0.39 is 20.0 Å². The maximum Gasteiger partial charge on any atom is 0.213 e. The topological polar surface area (TPSA) is 92.3 Å². The zero-order valence-electron chi connectivity index (χ0n) is 11.3. The van der Waals surface area contributed by atoms with Gasteiger partial charge >= 0.3 is 0 Å². The normalized spacial score (nSPS) is 12.5. The zero-order valence-corrected chi connectivity index (χ0v) is 12.9. The van der Waals surface area contributed by atoms with Crippen molar-refractivity contribution in [2.75, 3.05) is 12.8 Å². The van der Waals surface area contributed by atoms with E-state index >= 15 is 0 Å². The van der Waals surface area contributed by atoms with Gasteiger partial charge in [-0.05, 0) is 41.7 Å². The summed E-state index contributed by atoms with van der Waals surface area (Å²) in [6.45, 7) is 8.48. The van der Waals surface area contributed by atoms with Crippen LogP contribution in [0, 0.1) is 0 Å². The van der Waals surface area contributed by atoms with Crippen molar-refractivity contribution in [2.24, 2.45) is 0 Å². The lowest BCUT2D eigenvalue weighted by atomic mass is 10.4. The molecule has 6 nitrogen and oxygen atoms in total. The fraction of sp³-hybridized carbons (Fsp3) is 1.00. The molecule has 0 aliphatic carbocycles. The van der Waals surface area contributed by atoms with E-state index in [1.54, 1.807) is 34.6 Å². The Morgan fingerprint density at radius 2 is 1.41 bits per heavy atom. The summed E-state index contributed by atoms with van der Waals surface area (Å²) >= 11 is 0. The van der Waals surface area contributed by atoms with Gasteiger partial charge in [-0.15, -0.1) is 0 Å². The van der Waals surface area contributed by atoms with Crippen LogP contribution in [0.4, 0.5) is 0 Å². The summed E-state index contributed by atoms with van der Waals surface area (Å²) in [6.07, 6.45) is 0. The molecule has 0 amide bonds. The Bertz CT molecular complexity index is 385. The summed E-state index contributed by atoms with van der Waals surface area (Å²) in [4.78, 5) is 0. The zero-order chi connectivity index (χ0) is 14.3. The molecule has 0 radical (unpaired) electrons. The molecule has 0 aromatic heterocycles. The van der Waals surface area contributed by atoms with Crippen molar-refractivity contribution in [1.29, 1.82) is 0 Å². The Morgan fingerprint density at radius 1 is 1.00 bits per heavy atom. The second-order valence-electron chi connectivity index (χ2n) is 3.97. The molecule has 106 valence electrons. The monoisotopic (exact) mass is 288 g/mol. The molecule has 0 aliphatic heterocycles. The summed E-state index contributed by atoms with van der Waals surface area (Å²) in [5.74, 6) is 0.158. The second-order valence-corrected chi connectivity index (χ2v) is 8.46. The maximum atomic E-state index is 10.7. The van der Waals surface area contributed by atoms with E-state index in [9.17, 15) is 16.8 Å². The molecule has 2 N–H and O–H groups in total. The summed E-state index contributed by atoms with van der Waals surface area (Å²) in [5.41, 5.74) is 0. The quantitative estimate of drug-likeness (QED) is 0.760. The minimum Gasteiger partial charge on any atom is -0.218 e. The molecule has 17 heavy (non-hydrogen) atoms. The molecule has 0 spiro atoms. The van der Waals surface area contributed by atoms with Gasteiger partial charge in [-0.25, -0.2) is 26.3 Å². The van der Waals surface area contributed by atoms with Gasteiger partial charge in [-0.1, -0.05) is 0 Å². The Morgan fingerprint density at radius 3 is 1.47 bits per heavy atom. The number of nitrogens with one attached hydrogen (secondary N) is 2. The molecule has 0 rings (SSSR count). The van der Waals surface area contributed by atoms with Crippen molar-refractivity contribution in [3.63, 3.8) is 0 Å². The van der Waals surface area contributed by atoms with E-state index in [4.69, 9.17) is 0 Å². The van der Waals surface area contributed by atoms with Crippen molar-refractivity contribution in [3.05, 3.63) is 0 Å². The van der Waals surface area contributed by atoms with E-state index in [1.165, 1.54) is 7.05 Å². The highest BCUT2D eigenvalue weighted by molar-refractivity contribution is 7.90. The van der Waals surface area contributed by atoms with E-state index in [1.807, 2.05) is 0 Å². The first-order valence-electron chi connectivity index (χ1n) is 5.40. The third kappa shape index (κ3) is 10.7. The first kappa shape index (κ1) is 19.2. The Kier molecular flexibility index (Phi) is 9.04. The number of hydrogen-bond donors (Lipinski definition) is 2. The van der Waals surface area contributed by atoms with Crippen LogP contribution in [0.3, 0.4) is 0 Å². The molecule has 0 heterocycles. The number of rotatable bonds is 5. The van der Waals surface area contributed by atoms with Crippen LogP contribution in [-0.4, -0.2) is 40.9 Å². The minimum absolute atomic E-state index is 0.00921.